The number of rotatable bonds is 7. The second-order valence-electron chi connectivity index (χ2n) is 5.08. The van der Waals surface area contributed by atoms with Gasteiger partial charge in [0.25, 0.3) is 0 Å². The van der Waals surface area contributed by atoms with Crippen LogP contribution in [0.2, 0.25) is 0 Å². The van der Waals surface area contributed by atoms with Crippen molar-refractivity contribution in [2.24, 2.45) is 11.8 Å². The number of hydrogen-bond donors (Lipinski definition) is 3. The zero-order chi connectivity index (χ0) is 14.3. The molecule has 0 aliphatic carbocycles. The fraction of sp³-hybridized carbons (Fsp3) is 0.833. The first-order chi connectivity index (χ1) is 8.23. The van der Waals surface area contributed by atoms with Crippen molar-refractivity contribution in [2.45, 2.75) is 33.3 Å². The van der Waals surface area contributed by atoms with Gasteiger partial charge in [-0.25, -0.2) is 4.79 Å². The molecule has 3 N–H and O–H groups in total. The zero-order valence-corrected chi connectivity index (χ0v) is 11.5. The van der Waals surface area contributed by atoms with E-state index >= 15 is 0 Å². The minimum Gasteiger partial charge on any atom is -0.481 e. The molecule has 0 rings (SSSR count). The molecule has 0 aromatic rings. The van der Waals surface area contributed by atoms with Crippen LogP contribution in [0.4, 0.5) is 4.79 Å². The quantitative estimate of drug-likeness (QED) is 0.630. The SMILES string of the molecule is CC(C)CC(CNC(=O)N(C)CC(C)O)C(=O)O. The van der Waals surface area contributed by atoms with Gasteiger partial charge in [-0.3, -0.25) is 4.79 Å². The van der Waals surface area contributed by atoms with Crippen molar-refractivity contribution in [3.63, 3.8) is 0 Å². The van der Waals surface area contributed by atoms with E-state index in [1.807, 2.05) is 13.8 Å². The summed E-state index contributed by atoms with van der Waals surface area (Å²) < 4.78 is 0. The Kier molecular flexibility index (Phi) is 7.35. The second-order valence-corrected chi connectivity index (χ2v) is 5.08. The van der Waals surface area contributed by atoms with Gasteiger partial charge in [0.1, 0.15) is 0 Å². The average molecular weight is 260 g/mol. The maximum Gasteiger partial charge on any atom is 0.317 e. The number of aliphatic hydroxyl groups excluding tert-OH is 1. The standard InChI is InChI=1S/C12H24N2O4/c1-8(2)5-10(11(16)17)6-13-12(18)14(4)7-9(3)15/h8-10,15H,5-7H2,1-4H3,(H,13,18)(H,16,17). The molecule has 6 nitrogen and oxygen atoms in total. The van der Waals surface area contributed by atoms with Crippen molar-refractivity contribution < 1.29 is 19.8 Å². The third-order valence-corrected chi connectivity index (χ3v) is 2.49. The number of urea groups is 1. The van der Waals surface area contributed by atoms with Crippen molar-refractivity contribution in [1.29, 1.82) is 0 Å². The van der Waals surface area contributed by atoms with Gasteiger partial charge in [-0.05, 0) is 19.3 Å². The van der Waals surface area contributed by atoms with Gasteiger partial charge in [-0.2, -0.15) is 0 Å². The summed E-state index contributed by atoms with van der Waals surface area (Å²) in [7, 11) is 1.56. The fourth-order valence-electron chi connectivity index (χ4n) is 1.67. The maximum atomic E-state index is 11.6. The molecule has 0 bridgehead atoms. The van der Waals surface area contributed by atoms with Crippen molar-refractivity contribution in [3.05, 3.63) is 0 Å². The van der Waals surface area contributed by atoms with Crippen LogP contribution in [0, 0.1) is 11.8 Å². The summed E-state index contributed by atoms with van der Waals surface area (Å²) in [6, 6.07) is -0.370. The highest BCUT2D eigenvalue weighted by Gasteiger charge is 2.20. The van der Waals surface area contributed by atoms with Gasteiger partial charge < -0.3 is 20.4 Å². The van der Waals surface area contributed by atoms with Crippen molar-refractivity contribution in [3.8, 4) is 0 Å². The van der Waals surface area contributed by atoms with Crippen molar-refractivity contribution in [1.82, 2.24) is 10.2 Å². The lowest BCUT2D eigenvalue weighted by atomic mass is 9.97. The maximum absolute atomic E-state index is 11.6. The topological polar surface area (TPSA) is 89.9 Å². The number of carboxylic acid groups (broad SMARTS) is 1. The Morgan fingerprint density at radius 2 is 1.83 bits per heavy atom. The van der Waals surface area contributed by atoms with E-state index in [0.717, 1.165) is 0 Å². The molecule has 2 unspecified atom stereocenters. The van der Waals surface area contributed by atoms with Crippen LogP contribution in [0.1, 0.15) is 27.2 Å². The number of likely N-dealkylation sites (N-methyl/N-ethyl adjacent to an activating group) is 1. The number of nitrogens with one attached hydrogen (secondary N) is 1. The second kappa shape index (κ2) is 7.92. The average Bonchev–Trinajstić information content (AvgIpc) is 2.21. The van der Waals surface area contributed by atoms with E-state index in [-0.39, 0.29) is 25.0 Å². The summed E-state index contributed by atoms with van der Waals surface area (Å²) in [6.45, 7) is 5.79. The number of carbonyl (C=O) groups excluding carboxylic acids is 1. The minimum atomic E-state index is -0.901. The van der Waals surface area contributed by atoms with Gasteiger partial charge in [0, 0.05) is 20.1 Å². The lowest BCUT2D eigenvalue weighted by molar-refractivity contribution is -0.142. The molecule has 0 radical (unpaired) electrons. The van der Waals surface area contributed by atoms with E-state index in [9.17, 15) is 9.59 Å². The van der Waals surface area contributed by atoms with Gasteiger partial charge >= 0.3 is 12.0 Å². The normalized spacial score (nSPS) is 14.1. The van der Waals surface area contributed by atoms with Gasteiger partial charge in [-0.15, -0.1) is 0 Å². The molecule has 18 heavy (non-hydrogen) atoms. The predicted molar refractivity (Wildman–Crippen MR) is 68.3 cm³/mol. The van der Waals surface area contributed by atoms with Crippen LogP contribution >= 0.6 is 0 Å². The Labute approximate surface area is 108 Å². The third-order valence-electron chi connectivity index (χ3n) is 2.49. The molecule has 0 aliphatic rings. The summed E-state index contributed by atoms with van der Waals surface area (Å²) in [4.78, 5) is 23.9. The molecule has 2 atom stereocenters. The van der Waals surface area contributed by atoms with Crippen LogP contribution in [0.3, 0.4) is 0 Å². The van der Waals surface area contributed by atoms with E-state index in [1.54, 1.807) is 14.0 Å². The molecule has 0 aromatic heterocycles. The lowest BCUT2D eigenvalue weighted by Gasteiger charge is -2.21. The predicted octanol–water partition coefficient (Wildman–Crippen LogP) is 0.755. The highest BCUT2D eigenvalue weighted by atomic mass is 16.4. The van der Waals surface area contributed by atoms with Crippen molar-refractivity contribution >= 4 is 12.0 Å². The monoisotopic (exact) mass is 260 g/mol. The molecule has 2 amide bonds. The number of hydrogen-bond acceptors (Lipinski definition) is 3. The highest BCUT2D eigenvalue weighted by Crippen LogP contribution is 2.11. The zero-order valence-electron chi connectivity index (χ0n) is 11.5. The Morgan fingerprint density at radius 3 is 2.22 bits per heavy atom. The van der Waals surface area contributed by atoms with E-state index in [0.29, 0.717) is 6.42 Å². The number of amides is 2. The van der Waals surface area contributed by atoms with Crippen LogP contribution in [-0.2, 0) is 4.79 Å². The molecule has 6 heteroatoms. The largest absolute Gasteiger partial charge is 0.481 e. The number of carboxylic acids is 1. The molecule has 0 fully saturated rings. The number of nitrogens with zero attached hydrogens (tertiary/aromatic N) is 1. The molecular weight excluding hydrogens is 236 g/mol. The number of aliphatic carboxylic acids is 1. The Bertz CT molecular complexity index is 279. The van der Waals surface area contributed by atoms with E-state index in [1.165, 1.54) is 4.90 Å². The van der Waals surface area contributed by atoms with Gasteiger partial charge in [0.2, 0.25) is 0 Å². The molecule has 0 heterocycles. The molecule has 0 saturated heterocycles. The molecule has 0 spiro atoms. The third kappa shape index (κ3) is 7.11. The molecular formula is C12H24N2O4. The van der Waals surface area contributed by atoms with Crippen LogP contribution in [0.15, 0.2) is 0 Å². The molecule has 106 valence electrons. The minimum absolute atomic E-state index is 0.108. The van der Waals surface area contributed by atoms with E-state index in [4.69, 9.17) is 10.2 Å². The smallest absolute Gasteiger partial charge is 0.317 e. The summed E-state index contributed by atoms with van der Waals surface area (Å²) in [5, 5.41) is 20.7. The highest BCUT2D eigenvalue weighted by molar-refractivity contribution is 5.75. The summed E-state index contributed by atoms with van der Waals surface area (Å²) in [5.41, 5.74) is 0. The van der Waals surface area contributed by atoms with Gasteiger partial charge in [-0.1, -0.05) is 13.8 Å². The van der Waals surface area contributed by atoms with E-state index in [2.05, 4.69) is 5.32 Å². The summed E-state index contributed by atoms with van der Waals surface area (Å²) in [5.74, 6) is -1.21. The number of carbonyl (C=O) groups is 2. The van der Waals surface area contributed by atoms with E-state index < -0.39 is 18.0 Å². The summed E-state index contributed by atoms with van der Waals surface area (Å²) in [6.07, 6.45) is -0.0814. The molecule has 0 aliphatic heterocycles. The first kappa shape index (κ1) is 16.7. The Balaban J connectivity index is 4.18. The Morgan fingerprint density at radius 1 is 1.28 bits per heavy atom. The van der Waals surface area contributed by atoms with Crippen molar-refractivity contribution in [2.75, 3.05) is 20.1 Å². The summed E-state index contributed by atoms with van der Waals surface area (Å²) >= 11 is 0. The first-order valence-corrected chi connectivity index (χ1v) is 6.13. The van der Waals surface area contributed by atoms with Gasteiger partial charge in [0.05, 0.1) is 12.0 Å². The van der Waals surface area contributed by atoms with Crippen LogP contribution in [0.5, 0.6) is 0 Å². The van der Waals surface area contributed by atoms with Crippen LogP contribution in [-0.4, -0.2) is 53.4 Å². The Hall–Kier alpha value is -1.30. The van der Waals surface area contributed by atoms with Crippen LogP contribution in [0.25, 0.3) is 0 Å². The molecule has 0 aromatic carbocycles. The lowest BCUT2D eigenvalue weighted by Crippen LogP contribution is -2.43. The van der Waals surface area contributed by atoms with Gasteiger partial charge in [0.15, 0.2) is 0 Å². The number of aliphatic hydroxyl groups is 1. The first-order valence-electron chi connectivity index (χ1n) is 6.13. The molecule has 0 saturated carbocycles. The van der Waals surface area contributed by atoms with Crippen LogP contribution < -0.4 is 5.32 Å². The fourth-order valence-corrected chi connectivity index (χ4v) is 1.67.